The van der Waals surface area contributed by atoms with Crippen LogP contribution in [-0.2, 0) is 16.6 Å². The Morgan fingerprint density at radius 1 is 1.20 bits per heavy atom. The number of halogens is 2. The summed E-state index contributed by atoms with van der Waals surface area (Å²) in [4.78, 5) is 0.0862. The molecule has 0 atom stereocenters. The number of nitrogen functional groups attached to an aromatic ring is 1. The van der Waals surface area contributed by atoms with Crippen LogP contribution >= 0.6 is 15.9 Å². The van der Waals surface area contributed by atoms with Gasteiger partial charge in [-0.2, -0.15) is 0 Å². The average Bonchev–Trinajstić information content (AvgIpc) is 2.36. The van der Waals surface area contributed by atoms with E-state index < -0.39 is 15.8 Å². The minimum atomic E-state index is -3.69. The highest BCUT2D eigenvalue weighted by atomic mass is 79.9. The zero-order valence-corrected chi connectivity index (χ0v) is 12.7. The van der Waals surface area contributed by atoms with Gasteiger partial charge in [-0.3, -0.25) is 0 Å². The highest BCUT2D eigenvalue weighted by Gasteiger charge is 2.17. The van der Waals surface area contributed by atoms with Crippen molar-refractivity contribution in [2.75, 3.05) is 5.73 Å². The minimum absolute atomic E-state index is 0.0108. The van der Waals surface area contributed by atoms with Crippen molar-refractivity contribution in [2.24, 2.45) is 0 Å². The van der Waals surface area contributed by atoms with Gasteiger partial charge < -0.3 is 5.73 Å². The maximum Gasteiger partial charge on any atom is 0.241 e. The van der Waals surface area contributed by atoms with Gasteiger partial charge in [-0.05, 0) is 51.8 Å². The highest BCUT2D eigenvalue weighted by molar-refractivity contribution is 9.10. The third-order valence-corrected chi connectivity index (χ3v) is 4.98. The molecule has 0 aromatic heterocycles. The first kappa shape index (κ1) is 15.0. The lowest BCUT2D eigenvalue weighted by atomic mass is 10.2. The minimum Gasteiger partial charge on any atom is -0.399 e. The Morgan fingerprint density at radius 3 is 2.60 bits per heavy atom. The van der Waals surface area contributed by atoms with Gasteiger partial charge in [0.05, 0.1) is 4.90 Å². The van der Waals surface area contributed by atoms with E-state index in [9.17, 15) is 12.8 Å². The summed E-state index contributed by atoms with van der Waals surface area (Å²) in [7, 11) is -3.69. The summed E-state index contributed by atoms with van der Waals surface area (Å²) in [5.41, 5.74) is 6.57. The Balaban J connectivity index is 2.19. The van der Waals surface area contributed by atoms with Gasteiger partial charge in [0.25, 0.3) is 0 Å². The summed E-state index contributed by atoms with van der Waals surface area (Å²) in [5.74, 6) is -0.407. The van der Waals surface area contributed by atoms with Crippen molar-refractivity contribution in [3.05, 3.63) is 58.3 Å². The Kier molecular flexibility index (Phi) is 4.42. The Labute approximate surface area is 125 Å². The van der Waals surface area contributed by atoms with Crippen molar-refractivity contribution in [2.45, 2.75) is 11.4 Å². The molecule has 0 amide bonds. The van der Waals surface area contributed by atoms with Crippen LogP contribution in [0.4, 0.5) is 10.1 Å². The van der Waals surface area contributed by atoms with Gasteiger partial charge in [0.15, 0.2) is 0 Å². The van der Waals surface area contributed by atoms with Gasteiger partial charge in [0.2, 0.25) is 10.0 Å². The topological polar surface area (TPSA) is 72.2 Å². The lowest BCUT2D eigenvalue weighted by Gasteiger charge is -2.09. The Hall–Kier alpha value is -1.44. The van der Waals surface area contributed by atoms with E-state index in [1.165, 1.54) is 36.4 Å². The number of hydrogen-bond donors (Lipinski definition) is 2. The fourth-order valence-electron chi connectivity index (χ4n) is 1.64. The van der Waals surface area contributed by atoms with E-state index in [2.05, 4.69) is 20.7 Å². The molecule has 0 bridgehead atoms. The molecular weight excluding hydrogens is 347 g/mol. The van der Waals surface area contributed by atoms with Crippen LogP contribution in [0.3, 0.4) is 0 Å². The van der Waals surface area contributed by atoms with E-state index >= 15 is 0 Å². The number of nitrogens with two attached hydrogens (primary N) is 1. The fraction of sp³-hybridized carbons (Fsp3) is 0.0769. The van der Waals surface area contributed by atoms with Gasteiger partial charge in [-0.25, -0.2) is 17.5 Å². The summed E-state index contributed by atoms with van der Waals surface area (Å²) in [5, 5.41) is 0. The second-order valence-corrected chi connectivity index (χ2v) is 6.73. The summed E-state index contributed by atoms with van der Waals surface area (Å²) in [6.45, 7) is 0.0108. The molecule has 0 fully saturated rings. The molecule has 0 heterocycles. The quantitative estimate of drug-likeness (QED) is 0.825. The van der Waals surface area contributed by atoms with Crippen molar-refractivity contribution >= 4 is 31.6 Å². The van der Waals surface area contributed by atoms with Crippen LogP contribution < -0.4 is 10.5 Å². The maximum absolute atomic E-state index is 13.0. The lowest BCUT2D eigenvalue weighted by Crippen LogP contribution is -2.23. The number of anilines is 1. The standard InChI is InChI=1S/C13H12BrFN2O2S/c14-12-7-11(16)4-5-13(12)20(18,19)17-8-9-2-1-3-10(15)6-9/h1-7,17H,8,16H2. The predicted molar refractivity (Wildman–Crippen MR) is 79.0 cm³/mol. The predicted octanol–water partition coefficient (Wildman–Crippen LogP) is 2.65. The first-order valence-corrected chi connectivity index (χ1v) is 7.95. The summed E-state index contributed by atoms with van der Waals surface area (Å²) in [6.07, 6.45) is 0. The molecule has 3 N–H and O–H groups in total. The smallest absolute Gasteiger partial charge is 0.241 e. The van der Waals surface area contributed by atoms with E-state index in [1.807, 2.05) is 0 Å². The largest absolute Gasteiger partial charge is 0.399 e. The van der Waals surface area contributed by atoms with E-state index in [4.69, 9.17) is 5.73 Å². The number of rotatable bonds is 4. The van der Waals surface area contributed by atoms with E-state index in [0.717, 1.165) is 0 Å². The normalized spacial score (nSPS) is 11.5. The summed E-state index contributed by atoms with van der Waals surface area (Å²) in [6, 6.07) is 10.2. The van der Waals surface area contributed by atoms with Crippen molar-refractivity contribution in [3.8, 4) is 0 Å². The van der Waals surface area contributed by atoms with E-state index in [-0.39, 0.29) is 11.4 Å². The lowest BCUT2D eigenvalue weighted by molar-refractivity contribution is 0.580. The zero-order chi connectivity index (χ0) is 14.8. The molecule has 2 rings (SSSR count). The molecule has 2 aromatic rings. The van der Waals surface area contributed by atoms with Crippen LogP contribution in [0.25, 0.3) is 0 Å². The third-order valence-electron chi connectivity index (χ3n) is 2.60. The molecule has 0 aliphatic rings. The molecular formula is C13H12BrFN2O2S. The van der Waals surface area contributed by atoms with Crippen LogP contribution in [-0.4, -0.2) is 8.42 Å². The number of hydrogen-bond acceptors (Lipinski definition) is 3. The molecule has 0 saturated carbocycles. The van der Waals surface area contributed by atoms with Gasteiger partial charge >= 0.3 is 0 Å². The van der Waals surface area contributed by atoms with Gasteiger partial charge in [0, 0.05) is 16.7 Å². The Bertz CT molecular complexity index is 735. The number of benzene rings is 2. The maximum atomic E-state index is 13.0. The first-order valence-electron chi connectivity index (χ1n) is 5.67. The van der Waals surface area contributed by atoms with E-state index in [0.29, 0.717) is 15.7 Å². The van der Waals surface area contributed by atoms with Gasteiger partial charge in [0.1, 0.15) is 5.82 Å². The van der Waals surface area contributed by atoms with Crippen LogP contribution in [0, 0.1) is 5.82 Å². The van der Waals surface area contributed by atoms with Gasteiger partial charge in [-0.1, -0.05) is 12.1 Å². The molecule has 0 spiro atoms. The van der Waals surface area contributed by atoms with Crippen molar-refractivity contribution in [1.82, 2.24) is 4.72 Å². The second kappa shape index (κ2) is 5.90. The molecule has 7 heteroatoms. The van der Waals surface area contributed by atoms with Gasteiger partial charge in [-0.15, -0.1) is 0 Å². The van der Waals surface area contributed by atoms with Crippen LogP contribution in [0.5, 0.6) is 0 Å². The SMILES string of the molecule is Nc1ccc(S(=O)(=O)NCc2cccc(F)c2)c(Br)c1. The Morgan fingerprint density at radius 2 is 1.95 bits per heavy atom. The monoisotopic (exact) mass is 358 g/mol. The molecule has 0 aliphatic heterocycles. The van der Waals surface area contributed by atoms with E-state index in [1.54, 1.807) is 6.07 Å². The number of nitrogens with one attached hydrogen (secondary N) is 1. The van der Waals surface area contributed by atoms with Crippen LogP contribution in [0.2, 0.25) is 0 Å². The molecule has 0 aliphatic carbocycles. The molecule has 4 nitrogen and oxygen atoms in total. The third kappa shape index (κ3) is 3.56. The van der Waals surface area contributed by atoms with Crippen molar-refractivity contribution in [1.29, 1.82) is 0 Å². The average molecular weight is 359 g/mol. The van der Waals surface area contributed by atoms with Crippen molar-refractivity contribution in [3.63, 3.8) is 0 Å². The second-order valence-electron chi connectivity index (χ2n) is 4.14. The summed E-state index contributed by atoms with van der Waals surface area (Å²) < 4.78 is 40.1. The molecule has 20 heavy (non-hydrogen) atoms. The summed E-state index contributed by atoms with van der Waals surface area (Å²) >= 11 is 3.16. The van der Waals surface area contributed by atoms with Crippen LogP contribution in [0.15, 0.2) is 51.8 Å². The molecule has 0 radical (unpaired) electrons. The fourth-order valence-corrected chi connectivity index (χ4v) is 3.75. The molecule has 106 valence electrons. The zero-order valence-electron chi connectivity index (χ0n) is 10.3. The molecule has 0 saturated heterocycles. The highest BCUT2D eigenvalue weighted by Crippen LogP contribution is 2.24. The first-order chi connectivity index (χ1) is 9.38. The van der Waals surface area contributed by atoms with Crippen LogP contribution in [0.1, 0.15) is 5.56 Å². The van der Waals surface area contributed by atoms with Crippen molar-refractivity contribution < 1.29 is 12.8 Å². The molecule has 2 aromatic carbocycles. The molecule has 0 unspecified atom stereocenters. The number of sulfonamides is 1.